The summed E-state index contributed by atoms with van der Waals surface area (Å²) < 4.78 is 25.2. The third kappa shape index (κ3) is 5.28. The summed E-state index contributed by atoms with van der Waals surface area (Å²) in [6.07, 6.45) is 3.24. The smallest absolute Gasteiger partial charge is 0.165 e. The molecule has 3 nitrogen and oxygen atoms in total. The molecule has 2 atom stereocenters. The predicted molar refractivity (Wildman–Crippen MR) is 136 cm³/mol. The number of hydrogen-bond acceptors (Lipinski definition) is 3. The molecule has 0 amide bonds. The van der Waals surface area contributed by atoms with Crippen molar-refractivity contribution in [3.05, 3.63) is 93.8 Å². The molecule has 0 saturated heterocycles. The molecule has 1 aliphatic rings. The fourth-order valence-corrected chi connectivity index (χ4v) is 5.10. The molecule has 1 aliphatic heterocycles. The zero-order valence-electron chi connectivity index (χ0n) is 21.0. The van der Waals surface area contributed by atoms with Crippen LogP contribution in [0.4, 0.5) is 4.39 Å². The zero-order valence-corrected chi connectivity index (χ0v) is 21.0. The normalized spacial score (nSPS) is 17.4. The first kappa shape index (κ1) is 24.3. The minimum absolute atomic E-state index is 0.195. The molecule has 4 rings (SSSR count). The zero-order chi connectivity index (χ0) is 24.2. The number of benzene rings is 3. The maximum Gasteiger partial charge on any atom is 0.165 e. The number of para-hydroxylation sites is 1. The number of fused-ring (bicyclic) bond motifs is 1. The van der Waals surface area contributed by atoms with Gasteiger partial charge in [-0.05, 0) is 99.6 Å². The minimum atomic E-state index is -0.322. The van der Waals surface area contributed by atoms with Crippen molar-refractivity contribution in [2.24, 2.45) is 0 Å². The molecule has 0 spiro atoms. The highest BCUT2D eigenvalue weighted by Crippen LogP contribution is 2.42. The van der Waals surface area contributed by atoms with Crippen LogP contribution >= 0.6 is 0 Å². The molecule has 0 fully saturated rings. The number of methoxy groups -OCH3 is 1. The van der Waals surface area contributed by atoms with E-state index in [1.165, 1.54) is 41.0 Å². The van der Waals surface area contributed by atoms with Crippen LogP contribution in [0.3, 0.4) is 0 Å². The summed E-state index contributed by atoms with van der Waals surface area (Å²) in [4.78, 5) is 2.27. The van der Waals surface area contributed by atoms with Crippen molar-refractivity contribution in [2.45, 2.75) is 58.6 Å². The number of hydrogen-bond donors (Lipinski definition) is 0. The Hall–Kier alpha value is -2.85. The average molecular weight is 462 g/mol. The molecule has 0 aromatic heterocycles. The second-order valence-electron chi connectivity index (χ2n) is 9.64. The van der Waals surface area contributed by atoms with Crippen LogP contribution in [0.2, 0.25) is 0 Å². The summed E-state index contributed by atoms with van der Waals surface area (Å²) in [5.74, 6) is 1.36. The lowest BCUT2D eigenvalue weighted by atomic mass is 9.80. The van der Waals surface area contributed by atoms with Crippen LogP contribution in [0.25, 0.3) is 0 Å². The van der Waals surface area contributed by atoms with Crippen molar-refractivity contribution in [2.75, 3.05) is 20.7 Å². The fourth-order valence-electron chi connectivity index (χ4n) is 5.10. The van der Waals surface area contributed by atoms with E-state index in [2.05, 4.69) is 69.1 Å². The third-order valence-corrected chi connectivity index (χ3v) is 7.30. The van der Waals surface area contributed by atoms with E-state index in [1.807, 2.05) is 6.07 Å². The Kier molecular flexibility index (Phi) is 7.57. The molecule has 0 N–H and O–H groups in total. The second kappa shape index (κ2) is 10.6. The average Bonchev–Trinajstić information content (AvgIpc) is 2.83. The van der Waals surface area contributed by atoms with Crippen LogP contribution in [-0.2, 0) is 6.54 Å². The molecule has 0 unspecified atom stereocenters. The Labute approximate surface area is 203 Å². The first-order chi connectivity index (χ1) is 16.4. The first-order valence-corrected chi connectivity index (χ1v) is 12.2. The standard InChI is InChI=1S/C30H36FNO2/c1-20-12-14-25(22(3)21(20)2)27-18-24(34-29-11-7-6-10-26(27)29)9-8-16-32(4)19-23-13-15-28(31)30(17-23)33-5/h6-7,10-15,17,24,27H,8-9,16,18-19H2,1-5H3/t24-,27-/m0/s1. The van der Waals surface area contributed by atoms with Gasteiger partial charge in [0.2, 0.25) is 0 Å². The van der Waals surface area contributed by atoms with E-state index in [9.17, 15) is 4.39 Å². The number of rotatable bonds is 8. The van der Waals surface area contributed by atoms with Crippen molar-refractivity contribution in [3.8, 4) is 11.5 Å². The number of halogens is 1. The lowest BCUT2D eigenvalue weighted by Gasteiger charge is -2.34. The molecular weight excluding hydrogens is 425 g/mol. The van der Waals surface area contributed by atoms with Crippen molar-refractivity contribution >= 4 is 0 Å². The van der Waals surface area contributed by atoms with Gasteiger partial charge in [0, 0.05) is 18.0 Å². The van der Waals surface area contributed by atoms with Crippen LogP contribution < -0.4 is 9.47 Å². The molecule has 3 aromatic rings. The Morgan fingerprint density at radius 1 is 1.00 bits per heavy atom. The van der Waals surface area contributed by atoms with E-state index in [0.29, 0.717) is 11.7 Å². The van der Waals surface area contributed by atoms with Crippen LogP contribution in [0.15, 0.2) is 54.6 Å². The molecule has 0 saturated carbocycles. The van der Waals surface area contributed by atoms with Gasteiger partial charge in [-0.15, -0.1) is 0 Å². The maximum absolute atomic E-state index is 13.7. The van der Waals surface area contributed by atoms with E-state index in [1.54, 1.807) is 6.07 Å². The number of aryl methyl sites for hydroxylation is 1. The maximum atomic E-state index is 13.7. The van der Waals surface area contributed by atoms with Crippen LogP contribution in [0.1, 0.15) is 58.6 Å². The monoisotopic (exact) mass is 461 g/mol. The topological polar surface area (TPSA) is 21.7 Å². The van der Waals surface area contributed by atoms with Crippen molar-refractivity contribution in [3.63, 3.8) is 0 Å². The van der Waals surface area contributed by atoms with Gasteiger partial charge in [-0.2, -0.15) is 0 Å². The van der Waals surface area contributed by atoms with Gasteiger partial charge in [0.25, 0.3) is 0 Å². The van der Waals surface area contributed by atoms with Gasteiger partial charge in [0.05, 0.1) is 13.2 Å². The Morgan fingerprint density at radius 3 is 2.59 bits per heavy atom. The Morgan fingerprint density at radius 2 is 1.79 bits per heavy atom. The Bertz CT molecular complexity index is 1140. The molecular formula is C30H36FNO2. The summed E-state index contributed by atoms with van der Waals surface area (Å²) in [7, 11) is 3.61. The van der Waals surface area contributed by atoms with E-state index < -0.39 is 0 Å². The lowest BCUT2D eigenvalue weighted by Crippen LogP contribution is -2.28. The van der Waals surface area contributed by atoms with Gasteiger partial charge in [-0.1, -0.05) is 36.4 Å². The van der Waals surface area contributed by atoms with Crippen LogP contribution in [0.5, 0.6) is 11.5 Å². The van der Waals surface area contributed by atoms with Gasteiger partial charge < -0.3 is 14.4 Å². The summed E-state index contributed by atoms with van der Waals surface area (Å²) in [6.45, 7) is 8.38. The van der Waals surface area contributed by atoms with Crippen molar-refractivity contribution in [1.29, 1.82) is 0 Å². The predicted octanol–water partition coefficient (Wildman–Crippen LogP) is 6.95. The quantitative estimate of drug-likeness (QED) is 0.362. The van der Waals surface area contributed by atoms with Crippen molar-refractivity contribution in [1.82, 2.24) is 4.90 Å². The second-order valence-corrected chi connectivity index (χ2v) is 9.64. The summed E-state index contributed by atoms with van der Waals surface area (Å²) >= 11 is 0. The van der Waals surface area contributed by atoms with E-state index >= 15 is 0 Å². The molecule has 0 radical (unpaired) electrons. The largest absolute Gasteiger partial charge is 0.494 e. The van der Waals surface area contributed by atoms with E-state index in [-0.39, 0.29) is 11.9 Å². The lowest BCUT2D eigenvalue weighted by molar-refractivity contribution is 0.147. The molecule has 0 aliphatic carbocycles. The summed E-state index contributed by atoms with van der Waals surface area (Å²) in [5, 5.41) is 0. The van der Waals surface area contributed by atoms with E-state index in [4.69, 9.17) is 9.47 Å². The highest BCUT2D eigenvalue weighted by Gasteiger charge is 2.30. The summed E-state index contributed by atoms with van der Waals surface area (Å²) in [6, 6.07) is 18.2. The third-order valence-electron chi connectivity index (χ3n) is 7.30. The molecule has 180 valence electrons. The molecule has 3 aromatic carbocycles. The van der Waals surface area contributed by atoms with E-state index in [0.717, 1.165) is 43.7 Å². The van der Waals surface area contributed by atoms with Gasteiger partial charge in [0.1, 0.15) is 5.75 Å². The highest BCUT2D eigenvalue weighted by atomic mass is 19.1. The Balaban J connectivity index is 1.41. The van der Waals surface area contributed by atoms with Gasteiger partial charge in [-0.3, -0.25) is 0 Å². The SMILES string of the molecule is COc1cc(CN(C)CCC[C@H]2C[C@@H](c3ccc(C)c(C)c3C)c3ccccc3O2)ccc1F. The fraction of sp³-hybridized carbons (Fsp3) is 0.400. The van der Waals surface area contributed by atoms with Gasteiger partial charge in [-0.25, -0.2) is 4.39 Å². The summed E-state index contributed by atoms with van der Waals surface area (Å²) in [5.41, 5.74) is 7.90. The molecule has 34 heavy (non-hydrogen) atoms. The number of nitrogens with zero attached hydrogens (tertiary/aromatic N) is 1. The van der Waals surface area contributed by atoms with Crippen molar-refractivity contribution < 1.29 is 13.9 Å². The molecule has 0 bridgehead atoms. The highest BCUT2D eigenvalue weighted by molar-refractivity contribution is 5.49. The minimum Gasteiger partial charge on any atom is -0.494 e. The number of ether oxygens (including phenoxy) is 2. The van der Waals surface area contributed by atoms with Gasteiger partial charge >= 0.3 is 0 Å². The van der Waals surface area contributed by atoms with Crippen LogP contribution in [-0.4, -0.2) is 31.7 Å². The first-order valence-electron chi connectivity index (χ1n) is 12.2. The molecule has 4 heteroatoms. The van der Waals surface area contributed by atoms with Crippen LogP contribution in [0, 0.1) is 26.6 Å². The van der Waals surface area contributed by atoms with Gasteiger partial charge in [0.15, 0.2) is 11.6 Å². The molecule has 1 heterocycles.